The summed E-state index contributed by atoms with van der Waals surface area (Å²) in [5, 5.41) is 7.59. The van der Waals surface area contributed by atoms with Crippen LogP contribution in [0, 0.1) is 0 Å². The molecule has 4 heteroatoms. The highest BCUT2D eigenvalue weighted by Gasteiger charge is 2.17. The summed E-state index contributed by atoms with van der Waals surface area (Å²) in [5.41, 5.74) is 8.95. The van der Waals surface area contributed by atoms with Gasteiger partial charge in [0, 0.05) is 11.8 Å². The Bertz CT molecular complexity index is 1040. The van der Waals surface area contributed by atoms with Crippen molar-refractivity contribution < 1.29 is 0 Å². The second-order valence-electron chi connectivity index (χ2n) is 6.82. The molecule has 5 rings (SSSR count). The summed E-state index contributed by atoms with van der Waals surface area (Å²) in [4.78, 5) is 8.35. The minimum atomic E-state index is 0.913. The van der Waals surface area contributed by atoms with Gasteiger partial charge in [-0.25, -0.2) is 4.98 Å². The highest BCUT2D eigenvalue weighted by Crippen LogP contribution is 2.31. The van der Waals surface area contributed by atoms with Gasteiger partial charge in [0.05, 0.1) is 28.5 Å². The van der Waals surface area contributed by atoms with Crippen molar-refractivity contribution in [1.82, 2.24) is 20.2 Å². The van der Waals surface area contributed by atoms with Gasteiger partial charge in [-0.2, -0.15) is 5.10 Å². The second-order valence-corrected chi connectivity index (χ2v) is 6.82. The summed E-state index contributed by atoms with van der Waals surface area (Å²) < 4.78 is 0. The molecule has 128 valence electrons. The molecule has 0 atom stereocenters. The maximum Gasteiger partial charge on any atom is 0.0927 e. The lowest BCUT2D eigenvalue weighted by Gasteiger charge is -2.12. The first-order valence-electron chi connectivity index (χ1n) is 9.16. The maximum absolute atomic E-state index is 4.90. The highest BCUT2D eigenvalue weighted by molar-refractivity contribution is 5.69. The number of aryl methyl sites for hydroxylation is 1. The minimum absolute atomic E-state index is 0.913. The van der Waals surface area contributed by atoms with Crippen molar-refractivity contribution in [2.75, 3.05) is 0 Å². The van der Waals surface area contributed by atoms with Crippen molar-refractivity contribution in [3.63, 3.8) is 0 Å². The number of nitrogens with zero attached hydrogens (tertiary/aromatic N) is 2. The van der Waals surface area contributed by atoms with Crippen molar-refractivity contribution in [3.8, 4) is 34.0 Å². The zero-order valence-corrected chi connectivity index (χ0v) is 14.5. The van der Waals surface area contributed by atoms with E-state index in [0.29, 0.717) is 0 Å². The van der Waals surface area contributed by atoms with E-state index in [1.807, 2.05) is 24.3 Å². The van der Waals surface area contributed by atoms with E-state index in [2.05, 4.69) is 51.7 Å². The number of aromatic nitrogens is 4. The van der Waals surface area contributed by atoms with E-state index in [1.165, 1.54) is 36.1 Å². The summed E-state index contributed by atoms with van der Waals surface area (Å²) in [6.45, 7) is 0. The fourth-order valence-corrected chi connectivity index (χ4v) is 3.78. The normalized spacial score (nSPS) is 13.5. The smallest absolute Gasteiger partial charge is 0.0927 e. The van der Waals surface area contributed by atoms with Crippen LogP contribution in [0.3, 0.4) is 0 Å². The van der Waals surface area contributed by atoms with Crippen molar-refractivity contribution in [2.45, 2.75) is 25.7 Å². The molecule has 2 N–H and O–H groups in total. The number of H-pyrrole nitrogens is 2. The van der Waals surface area contributed by atoms with Crippen LogP contribution in [0.2, 0.25) is 0 Å². The molecule has 0 spiro atoms. The summed E-state index contributed by atoms with van der Waals surface area (Å²) >= 11 is 0. The Kier molecular flexibility index (Phi) is 3.67. The predicted octanol–water partition coefficient (Wildman–Crippen LogP) is 5.01. The van der Waals surface area contributed by atoms with Gasteiger partial charge in [-0.3, -0.25) is 5.10 Å². The van der Waals surface area contributed by atoms with Gasteiger partial charge in [-0.15, -0.1) is 0 Å². The number of fused-ring (bicyclic) bond motifs is 1. The van der Waals surface area contributed by atoms with Gasteiger partial charge in [0.25, 0.3) is 0 Å². The Balaban J connectivity index is 1.51. The van der Waals surface area contributed by atoms with E-state index >= 15 is 0 Å². The van der Waals surface area contributed by atoms with Gasteiger partial charge >= 0.3 is 0 Å². The molecule has 1 aliphatic carbocycles. The standard InChI is InChI=1S/C22H20N4/c1-2-7-15(8-3-1)20-13-21(26-25-20)18-11-6-12-19(24-18)22-17-10-5-4-9-16(17)14-23-22/h1-3,6-8,11-14,23H,4-5,9-10H2,(H,25,26). The first-order valence-corrected chi connectivity index (χ1v) is 9.16. The fourth-order valence-electron chi connectivity index (χ4n) is 3.78. The van der Waals surface area contributed by atoms with Crippen LogP contribution < -0.4 is 0 Å². The summed E-state index contributed by atoms with van der Waals surface area (Å²) in [6, 6.07) is 18.4. The lowest BCUT2D eigenvalue weighted by Crippen LogP contribution is -2.00. The molecular weight excluding hydrogens is 320 g/mol. The largest absolute Gasteiger partial charge is 0.359 e. The zero-order chi connectivity index (χ0) is 17.3. The third kappa shape index (κ3) is 2.64. The molecule has 0 bridgehead atoms. The Morgan fingerprint density at radius 2 is 1.65 bits per heavy atom. The number of hydrogen-bond donors (Lipinski definition) is 2. The molecule has 0 saturated carbocycles. The molecule has 0 saturated heterocycles. The van der Waals surface area contributed by atoms with Crippen LogP contribution in [-0.4, -0.2) is 20.2 Å². The van der Waals surface area contributed by atoms with Crippen LogP contribution in [0.4, 0.5) is 0 Å². The van der Waals surface area contributed by atoms with Crippen molar-refractivity contribution in [2.24, 2.45) is 0 Å². The third-order valence-corrected chi connectivity index (χ3v) is 5.13. The lowest BCUT2D eigenvalue weighted by molar-refractivity contribution is 0.691. The van der Waals surface area contributed by atoms with Gasteiger partial charge < -0.3 is 4.98 Å². The SMILES string of the molecule is c1ccc(-c2cc(-c3cccc(-c4[nH]cc5c4CCCC5)n3)[nH]n2)cc1. The molecule has 4 nitrogen and oxygen atoms in total. The molecule has 26 heavy (non-hydrogen) atoms. The number of aromatic amines is 2. The monoisotopic (exact) mass is 340 g/mol. The summed E-state index contributed by atoms with van der Waals surface area (Å²) in [5.74, 6) is 0. The number of benzene rings is 1. The van der Waals surface area contributed by atoms with Gasteiger partial charge in [-0.05, 0) is 55.0 Å². The first-order chi connectivity index (χ1) is 12.9. The van der Waals surface area contributed by atoms with Crippen molar-refractivity contribution in [1.29, 1.82) is 0 Å². The van der Waals surface area contributed by atoms with Crippen LogP contribution in [-0.2, 0) is 12.8 Å². The van der Waals surface area contributed by atoms with E-state index in [1.54, 1.807) is 0 Å². The van der Waals surface area contributed by atoms with Crippen LogP contribution in [0.25, 0.3) is 34.0 Å². The summed E-state index contributed by atoms with van der Waals surface area (Å²) in [6.07, 6.45) is 7.02. The molecule has 0 radical (unpaired) electrons. The molecular formula is C22H20N4. The lowest BCUT2D eigenvalue weighted by atomic mass is 9.93. The molecule has 3 aromatic heterocycles. The Hall–Kier alpha value is -3.14. The van der Waals surface area contributed by atoms with Crippen molar-refractivity contribution in [3.05, 3.63) is 71.9 Å². The van der Waals surface area contributed by atoms with E-state index < -0.39 is 0 Å². The molecule has 0 aliphatic heterocycles. The molecule has 1 aliphatic rings. The van der Waals surface area contributed by atoms with E-state index in [4.69, 9.17) is 4.98 Å². The van der Waals surface area contributed by atoms with Gasteiger partial charge in [0.1, 0.15) is 0 Å². The topological polar surface area (TPSA) is 57.4 Å². The number of rotatable bonds is 3. The van der Waals surface area contributed by atoms with Crippen molar-refractivity contribution >= 4 is 0 Å². The van der Waals surface area contributed by atoms with Crippen LogP contribution >= 0.6 is 0 Å². The third-order valence-electron chi connectivity index (χ3n) is 5.13. The second kappa shape index (κ2) is 6.30. The molecule has 0 unspecified atom stereocenters. The molecule has 3 heterocycles. The average Bonchev–Trinajstić information content (AvgIpc) is 3.36. The Labute approximate surface area is 152 Å². The van der Waals surface area contributed by atoms with E-state index in [0.717, 1.165) is 34.8 Å². The predicted molar refractivity (Wildman–Crippen MR) is 104 cm³/mol. The summed E-state index contributed by atoms with van der Waals surface area (Å²) in [7, 11) is 0. The molecule has 4 aromatic rings. The van der Waals surface area contributed by atoms with E-state index in [9.17, 15) is 0 Å². The first kappa shape index (κ1) is 15.1. The van der Waals surface area contributed by atoms with Crippen LogP contribution in [0.15, 0.2) is 60.8 Å². The fraction of sp³-hybridized carbons (Fsp3) is 0.182. The zero-order valence-electron chi connectivity index (χ0n) is 14.5. The van der Waals surface area contributed by atoms with E-state index in [-0.39, 0.29) is 0 Å². The molecule has 1 aromatic carbocycles. The number of nitrogens with one attached hydrogen (secondary N) is 2. The average molecular weight is 340 g/mol. The minimum Gasteiger partial charge on any atom is -0.359 e. The van der Waals surface area contributed by atoms with Gasteiger partial charge in [0.15, 0.2) is 0 Å². The molecule has 0 amide bonds. The Morgan fingerprint density at radius 1 is 0.808 bits per heavy atom. The quantitative estimate of drug-likeness (QED) is 0.550. The number of hydrogen-bond acceptors (Lipinski definition) is 2. The van der Waals surface area contributed by atoms with Gasteiger partial charge in [0.2, 0.25) is 0 Å². The molecule has 0 fully saturated rings. The van der Waals surface area contributed by atoms with Gasteiger partial charge in [-0.1, -0.05) is 36.4 Å². The number of pyridine rings is 1. The maximum atomic E-state index is 4.90. The highest BCUT2D eigenvalue weighted by atomic mass is 15.1. The van der Waals surface area contributed by atoms with Crippen LogP contribution in [0.1, 0.15) is 24.0 Å². The Morgan fingerprint density at radius 3 is 2.58 bits per heavy atom. The van der Waals surface area contributed by atoms with Crippen LogP contribution in [0.5, 0.6) is 0 Å².